The highest BCUT2D eigenvalue weighted by Gasteiger charge is 2.25. The summed E-state index contributed by atoms with van der Waals surface area (Å²) in [4.78, 5) is 29.1. The summed E-state index contributed by atoms with van der Waals surface area (Å²) in [5.74, 6) is 0.227. The van der Waals surface area contributed by atoms with Gasteiger partial charge >= 0.3 is 0 Å². The quantitative estimate of drug-likeness (QED) is 0.687. The number of amides is 2. The Labute approximate surface area is 176 Å². The largest absolute Gasteiger partial charge is 0.459 e. The Morgan fingerprint density at radius 1 is 0.833 bits per heavy atom. The molecule has 0 bridgehead atoms. The van der Waals surface area contributed by atoms with Gasteiger partial charge in [0, 0.05) is 26.2 Å². The van der Waals surface area contributed by atoms with E-state index in [1.165, 1.54) is 6.26 Å². The molecule has 6 heteroatoms. The van der Waals surface area contributed by atoms with Gasteiger partial charge in [0.25, 0.3) is 5.91 Å². The summed E-state index contributed by atoms with van der Waals surface area (Å²) in [6.07, 6.45) is 1.50. The third-order valence-corrected chi connectivity index (χ3v) is 5.33. The molecule has 1 fully saturated rings. The van der Waals surface area contributed by atoms with E-state index in [9.17, 15) is 9.59 Å². The molecule has 1 aliphatic rings. The Bertz CT molecular complexity index is 910. The van der Waals surface area contributed by atoms with Crippen LogP contribution in [0.5, 0.6) is 0 Å². The van der Waals surface area contributed by atoms with Gasteiger partial charge in [-0.15, -0.1) is 0 Å². The summed E-state index contributed by atoms with van der Waals surface area (Å²) in [5.41, 5.74) is 2.09. The third kappa shape index (κ3) is 4.78. The van der Waals surface area contributed by atoms with Gasteiger partial charge in [0.05, 0.1) is 18.8 Å². The molecule has 154 valence electrons. The molecule has 30 heavy (non-hydrogen) atoms. The molecule has 2 amide bonds. The summed E-state index contributed by atoms with van der Waals surface area (Å²) in [7, 11) is 0. The summed E-state index contributed by atoms with van der Waals surface area (Å²) >= 11 is 0. The molecule has 3 aromatic rings. The van der Waals surface area contributed by atoms with Crippen LogP contribution in [0.1, 0.15) is 27.7 Å². The number of hydrogen-bond donors (Lipinski definition) is 1. The number of hydrogen-bond acceptors (Lipinski definition) is 4. The number of benzene rings is 2. The van der Waals surface area contributed by atoms with Gasteiger partial charge in [-0.25, -0.2) is 0 Å². The molecule has 4 rings (SSSR count). The lowest BCUT2D eigenvalue weighted by Crippen LogP contribution is -2.51. The van der Waals surface area contributed by atoms with Crippen LogP contribution in [0.15, 0.2) is 83.5 Å². The molecule has 0 atom stereocenters. The second kappa shape index (κ2) is 9.41. The zero-order valence-electron chi connectivity index (χ0n) is 16.7. The lowest BCUT2D eigenvalue weighted by atomic mass is 9.99. The average Bonchev–Trinajstić information content (AvgIpc) is 3.34. The molecule has 0 saturated carbocycles. The van der Waals surface area contributed by atoms with E-state index in [1.807, 2.05) is 60.7 Å². The highest BCUT2D eigenvalue weighted by molar-refractivity contribution is 5.91. The zero-order chi connectivity index (χ0) is 20.8. The van der Waals surface area contributed by atoms with Crippen molar-refractivity contribution in [3.63, 3.8) is 0 Å². The highest BCUT2D eigenvalue weighted by atomic mass is 16.3. The molecule has 1 N–H and O–H groups in total. The van der Waals surface area contributed by atoms with Crippen molar-refractivity contribution in [3.8, 4) is 0 Å². The molecule has 1 aliphatic heterocycles. The minimum atomic E-state index is -0.193. The standard InChI is InChI=1S/C24H25N3O3/c28-22(18-26-13-15-27(16-14-26)24(29)21-12-7-17-30-21)25-23(19-8-3-1-4-9-19)20-10-5-2-6-11-20/h1-12,17,23H,13-16,18H2,(H,25,28). The maximum Gasteiger partial charge on any atom is 0.289 e. The lowest BCUT2D eigenvalue weighted by molar-refractivity contribution is -0.123. The van der Waals surface area contributed by atoms with Crippen molar-refractivity contribution in [3.05, 3.63) is 95.9 Å². The molecule has 1 saturated heterocycles. The zero-order valence-corrected chi connectivity index (χ0v) is 16.7. The van der Waals surface area contributed by atoms with E-state index in [0.29, 0.717) is 38.5 Å². The first-order chi connectivity index (χ1) is 14.7. The van der Waals surface area contributed by atoms with Crippen molar-refractivity contribution in [1.29, 1.82) is 0 Å². The monoisotopic (exact) mass is 403 g/mol. The Balaban J connectivity index is 1.35. The fourth-order valence-electron chi connectivity index (χ4n) is 3.72. The normalized spacial score (nSPS) is 14.6. The van der Waals surface area contributed by atoms with E-state index >= 15 is 0 Å². The van der Waals surface area contributed by atoms with E-state index in [2.05, 4.69) is 10.2 Å². The number of carbonyl (C=O) groups is 2. The van der Waals surface area contributed by atoms with Crippen LogP contribution >= 0.6 is 0 Å². The van der Waals surface area contributed by atoms with Crippen LogP contribution in [0.2, 0.25) is 0 Å². The third-order valence-electron chi connectivity index (χ3n) is 5.33. The maximum absolute atomic E-state index is 12.8. The first-order valence-electron chi connectivity index (χ1n) is 10.1. The Morgan fingerprint density at radius 3 is 1.97 bits per heavy atom. The number of nitrogens with one attached hydrogen (secondary N) is 1. The number of nitrogens with zero attached hydrogens (tertiary/aromatic N) is 2. The molecule has 0 aliphatic carbocycles. The van der Waals surface area contributed by atoms with Crippen molar-refractivity contribution in [2.75, 3.05) is 32.7 Å². The Morgan fingerprint density at radius 2 is 1.43 bits per heavy atom. The Kier molecular flexibility index (Phi) is 6.25. The molecule has 0 unspecified atom stereocenters. The van der Waals surface area contributed by atoms with Gasteiger partial charge in [-0.05, 0) is 23.3 Å². The van der Waals surface area contributed by atoms with Gasteiger partial charge < -0.3 is 14.6 Å². The first-order valence-corrected chi connectivity index (χ1v) is 10.1. The first kappa shape index (κ1) is 19.9. The molecule has 1 aromatic heterocycles. The number of carbonyl (C=O) groups excluding carboxylic acids is 2. The number of piperazine rings is 1. The van der Waals surface area contributed by atoms with Crippen molar-refractivity contribution >= 4 is 11.8 Å². The predicted octanol–water partition coefficient (Wildman–Crippen LogP) is 2.94. The summed E-state index contributed by atoms with van der Waals surface area (Å²) in [5, 5.41) is 3.18. The molecular formula is C24H25N3O3. The van der Waals surface area contributed by atoms with Gasteiger partial charge in [-0.3, -0.25) is 14.5 Å². The van der Waals surface area contributed by atoms with Crippen LogP contribution in [-0.2, 0) is 4.79 Å². The predicted molar refractivity (Wildman–Crippen MR) is 114 cm³/mol. The minimum Gasteiger partial charge on any atom is -0.459 e. The average molecular weight is 403 g/mol. The van der Waals surface area contributed by atoms with Crippen molar-refractivity contribution in [2.24, 2.45) is 0 Å². The smallest absolute Gasteiger partial charge is 0.289 e. The van der Waals surface area contributed by atoms with Crippen LogP contribution in [0, 0.1) is 0 Å². The maximum atomic E-state index is 12.8. The molecule has 0 spiro atoms. The minimum absolute atomic E-state index is 0.0292. The van der Waals surface area contributed by atoms with E-state index in [-0.39, 0.29) is 17.9 Å². The topological polar surface area (TPSA) is 65.8 Å². The molecular weight excluding hydrogens is 378 g/mol. The van der Waals surface area contributed by atoms with Crippen LogP contribution in [0.4, 0.5) is 0 Å². The van der Waals surface area contributed by atoms with Gasteiger partial charge in [-0.1, -0.05) is 60.7 Å². The SMILES string of the molecule is O=C(CN1CCN(C(=O)c2ccco2)CC1)NC(c1ccccc1)c1ccccc1. The summed E-state index contributed by atoms with van der Waals surface area (Å²) in [6, 6.07) is 23.1. The van der Waals surface area contributed by atoms with Gasteiger partial charge in [0.15, 0.2) is 5.76 Å². The van der Waals surface area contributed by atoms with Gasteiger partial charge in [-0.2, -0.15) is 0 Å². The summed E-state index contributed by atoms with van der Waals surface area (Å²) in [6.45, 7) is 2.77. The van der Waals surface area contributed by atoms with E-state index in [4.69, 9.17) is 4.42 Å². The lowest BCUT2D eigenvalue weighted by Gasteiger charge is -2.34. The molecule has 0 radical (unpaired) electrons. The molecule has 6 nitrogen and oxygen atoms in total. The van der Waals surface area contributed by atoms with Crippen molar-refractivity contribution in [2.45, 2.75) is 6.04 Å². The van der Waals surface area contributed by atoms with Crippen LogP contribution < -0.4 is 5.32 Å². The van der Waals surface area contributed by atoms with Crippen molar-refractivity contribution < 1.29 is 14.0 Å². The number of rotatable bonds is 6. The Hall–Kier alpha value is -3.38. The fourth-order valence-corrected chi connectivity index (χ4v) is 3.72. The van der Waals surface area contributed by atoms with Crippen molar-refractivity contribution in [1.82, 2.24) is 15.1 Å². The van der Waals surface area contributed by atoms with Crippen LogP contribution in [-0.4, -0.2) is 54.3 Å². The van der Waals surface area contributed by atoms with Gasteiger partial charge in [0.1, 0.15) is 0 Å². The number of furan rings is 1. The van der Waals surface area contributed by atoms with E-state index < -0.39 is 0 Å². The fraction of sp³-hybridized carbons (Fsp3) is 0.250. The molecule has 2 aromatic carbocycles. The van der Waals surface area contributed by atoms with E-state index in [0.717, 1.165) is 11.1 Å². The van der Waals surface area contributed by atoms with Crippen LogP contribution in [0.3, 0.4) is 0 Å². The summed E-state index contributed by atoms with van der Waals surface area (Å²) < 4.78 is 5.20. The van der Waals surface area contributed by atoms with Gasteiger partial charge in [0.2, 0.25) is 5.91 Å². The van der Waals surface area contributed by atoms with E-state index in [1.54, 1.807) is 17.0 Å². The second-order valence-corrected chi connectivity index (χ2v) is 7.37. The van der Waals surface area contributed by atoms with Crippen LogP contribution in [0.25, 0.3) is 0 Å². The molecule has 2 heterocycles. The highest BCUT2D eigenvalue weighted by Crippen LogP contribution is 2.21. The second-order valence-electron chi connectivity index (χ2n) is 7.37.